The Labute approximate surface area is 173 Å². The molecule has 2 fully saturated rings. The highest BCUT2D eigenvalue weighted by Crippen LogP contribution is 2.35. The molecule has 2 heterocycles. The van der Waals surface area contributed by atoms with Gasteiger partial charge in [0, 0.05) is 19.1 Å². The van der Waals surface area contributed by atoms with Gasteiger partial charge in [-0.2, -0.15) is 0 Å². The first-order valence-electron chi connectivity index (χ1n) is 10.2. The van der Waals surface area contributed by atoms with Gasteiger partial charge in [0.15, 0.2) is 11.5 Å². The Morgan fingerprint density at radius 3 is 2.57 bits per heavy atom. The van der Waals surface area contributed by atoms with Crippen LogP contribution in [-0.4, -0.2) is 42.4 Å². The number of carbonyl (C=O) groups excluding carboxylic acids is 1. The van der Waals surface area contributed by atoms with Gasteiger partial charge in [-0.3, -0.25) is 4.79 Å². The van der Waals surface area contributed by atoms with Gasteiger partial charge in [-0.25, -0.2) is 0 Å². The second-order valence-electron chi connectivity index (χ2n) is 8.13. The molecule has 1 aliphatic carbocycles. The van der Waals surface area contributed by atoms with Crippen LogP contribution in [0.5, 0.6) is 11.5 Å². The molecule has 6 nitrogen and oxygen atoms in total. The van der Waals surface area contributed by atoms with E-state index in [4.69, 9.17) is 19.9 Å². The molecule has 1 aromatic rings. The zero-order valence-corrected chi connectivity index (χ0v) is 17.3. The lowest BCUT2D eigenvalue weighted by Crippen LogP contribution is -2.46. The van der Waals surface area contributed by atoms with Gasteiger partial charge in [0.1, 0.15) is 6.10 Å². The minimum absolute atomic E-state index is 0. The lowest BCUT2D eigenvalue weighted by molar-refractivity contribution is -0.146. The van der Waals surface area contributed by atoms with Gasteiger partial charge in [0.2, 0.25) is 6.79 Å². The molecule has 0 spiro atoms. The number of fused-ring (bicyclic) bond motifs is 1. The topological polar surface area (TPSA) is 74.0 Å². The van der Waals surface area contributed by atoms with E-state index in [1.165, 1.54) is 12.8 Å². The summed E-state index contributed by atoms with van der Waals surface area (Å²) in [5.41, 5.74) is 6.80. The first-order chi connectivity index (χ1) is 13.1. The Bertz CT molecular complexity index is 678. The average Bonchev–Trinajstić information content (AvgIpc) is 3.35. The first-order valence-corrected chi connectivity index (χ1v) is 10.2. The SMILES string of the molecule is CC1CCC(N(Cc2ccc3c(c2)OCO3)C(=O)[C@@H]2CC[C@H](CN)O2)CC1.Cl. The normalized spacial score (nSPS) is 28.6. The van der Waals surface area contributed by atoms with Gasteiger partial charge in [-0.1, -0.05) is 13.0 Å². The number of carbonyl (C=O) groups is 1. The highest BCUT2D eigenvalue weighted by molar-refractivity contribution is 5.85. The van der Waals surface area contributed by atoms with E-state index in [0.717, 1.165) is 48.7 Å². The van der Waals surface area contributed by atoms with Gasteiger partial charge >= 0.3 is 0 Å². The van der Waals surface area contributed by atoms with Crippen molar-refractivity contribution in [2.75, 3.05) is 13.3 Å². The Morgan fingerprint density at radius 2 is 1.86 bits per heavy atom. The monoisotopic (exact) mass is 410 g/mol. The number of ether oxygens (including phenoxy) is 3. The van der Waals surface area contributed by atoms with Crippen molar-refractivity contribution in [2.24, 2.45) is 11.7 Å². The summed E-state index contributed by atoms with van der Waals surface area (Å²) in [6.45, 7) is 3.62. The molecule has 0 bridgehead atoms. The van der Waals surface area contributed by atoms with Crippen molar-refractivity contribution in [3.8, 4) is 11.5 Å². The van der Waals surface area contributed by atoms with Crippen LogP contribution in [0.3, 0.4) is 0 Å². The minimum atomic E-state index is -0.355. The van der Waals surface area contributed by atoms with Crippen molar-refractivity contribution < 1.29 is 19.0 Å². The molecule has 0 aromatic heterocycles. The number of halogens is 1. The van der Waals surface area contributed by atoms with Crippen LogP contribution in [-0.2, 0) is 16.1 Å². The fourth-order valence-corrected chi connectivity index (χ4v) is 4.42. The maximum atomic E-state index is 13.3. The zero-order chi connectivity index (χ0) is 18.8. The van der Waals surface area contributed by atoms with Gasteiger partial charge in [0.05, 0.1) is 6.10 Å². The predicted octanol–water partition coefficient (Wildman–Crippen LogP) is 3.25. The third-order valence-electron chi connectivity index (χ3n) is 6.15. The number of hydrogen-bond acceptors (Lipinski definition) is 5. The molecular formula is C21H31ClN2O4. The lowest BCUT2D eigenvalue weighted by Gasteiger charge is -2.37. The Morgan fingerprint density at radius 1 is 1.11 bits per heavy atom. The fraction of sp³-hybridized carbons (Fsp3) is 0.667. The second-order valence-corrected chi connectivity index (χ2v) is 8.13. The molecule has 2 N–H and O–H groups in total. The van der Waals surface area contributed by atoms with Crippen LogP contribution in [0.25, 0.3) is 0 Å². The molecule has 3 aliphatic rings. The average molecular weight is 411 g/mol. The predicted molar refractivity (Wildman–Crippen MR) is 109 cm³/mol. The number of amides is 1. The molecule has 7 heteroatoms. The quantitative estimate of drug-likeness (QED) is 0.806. The van der Waals surface area contributed by atoms with Crippen LogP contribution in [0.15, 0.2) is 18.2 Å². The molecule has 2 atom stereocenters. The number of benzene rings is 1. The highest BCUT2D eigenvalue weighted by Gasteiger charge is 2.36. The van der Waals surface area contributed by atoms with E-state index in [0.29, 0.717) is 13.1 Å². The standard InChI is InChI=1S/C21H30N2O4.ClH/c1-14-2-5-16(6-3-14)23(21(24)19-9-7-17(11-22)27-19)12-15-4-8-18-20(10-15)26-13-25-18;/h4,8,10,14,16-17,19H,2-3,5-7,9,11-13,22H2,1H3;1H/t14?,16?,17-,19+;/m1./s1. The second kappa shape index (κ2) is 9.33. The van der Waals surface area contributed by atoms with E-state index in [9.17, 15) is 4.79 Å². The van der Waals surface area contributed by atoms with E-state index in [-0.39, 0.29) is 43.4 Å². The van der Waals surface area contributed by atoms with Gasteiger partial charge in [-0.15, -0.1) is 12.4 Å². The minimum Gasteiger partial charge on any atom is -0.454 e. The molecule has 156 valence electrons. The summed E-state index contributed by atoms with van der Waals surface area (Å²) in [6, 6.07) is 6.23. The summed E-state index contributed by atoms with van der Waals surface area (Å²) in [7, 11) is 0. The molecule has 1 saturated carbocycles. The van der Waals surface area contributed by atoms with Crippen molar-refractivity contribution in [3.63, 3.8) is 0 Å². The Kier molecular flexibility index (Phi) is 7.07. The summed E-state index contributed by atoms with van der Waals surface area (Å²) >= 11 is 0. The van der Waals surface area contributed by atoms with Gasteiger partial charge in [0.25, 0.3) is 5.91 Å². The molecule has 1 saturated heterocycles. The fourth-order valence-electron chi connectivity index (χ4n) is 4.42. The van der Waals surface area contributed by atoms with E-state index in [2.05, 4.69) is 6.92 Å². The summed E-state index contributed by atoms with van der Waals surface area (Å²) in [5.74, 6) is 2.39. The van der Waals surface area contributed by atoms with Crippen LogP contribution in [0, 0.1) is 5.92 Å². The molecule has 1 amide bonds. The smallest absolute Gasteiger partial charge is 0.252 e. The van der Waals surface area contributed by atoms with Crippen molar-refractivity contribution in [1.82, 2.24) is 4.90 Å². The lowest BCUT2D eigenvalue weighted by atomic mass is 9.86. The van der Waals surface area contributed by atoms with Crippen molar-refractivity contribution in [2.45, 2.75) is 70.2 Å². The number of hydrogen-bond donors (Lipinski definition) is 1. The molecule has 0 unspecified atom stereocenters. The Hall–Kier alpha value is -1.50. The van der Waals surface area contributed by atoms with Crippen LogP contribution in [0.2, 0.25) is 0 Å². The third-order valence-corrected chi connectivity index (χ3v) is 6.15. The maximum Gasteiger partial charge on any atom is 0.252 e. The van der Waals surface area contributed by atoms with Crippen LogP contribution >= 0.6 is 12.4 Å². The largest absolute Gasteiger partial charge is 0.454 e. The number of nitrogens with two attached hydrogens (primary N) is 1. The van der Waals surface area contributed by atoms with E-state index >= 15 is 0 Å². The molecule has 4 rings (SSSR count). The molecule has 2 aliphatic heterocycles. The summed E-state index contributed by atoms with van der Waals surface area (Å²) in [6.07, 6.45) is 5.76. The number of nitrogens with zero attached hydrogens (tertiary/aromatic N) is 1. The zero-order valence-electron chi connectivity index (χ0n) is 16.5. The molecule has 0 radical (unpaired) electrons. The van der Waals surface area contributed by atoms with Crippen LogP contribution in [0.1, 0.15) is 51.0 Å². The van der Waals surface area contributed by atoms with Crippen LogP contribution < -0.4 is 15.2 Å². The van der Waals surface area contributed by atoms with Crippen molar-refractivity contribution in [3.05, 3.63) is 23.8 Å². The summed E-state index contributed by atoms with van der Waals surface area (Å²) < 4.78 is 16.8. The van der Waals surface area contributed by atoms with E-state index in [1.807, 2.05) is 23.1 Å². The Balaban J connectivity index is 0.00000225. The van der Waals surface area contributed by atoms with E-state index in [1.54, 1.807) is 0 Å². The molecule has 28 heavy (non-hydrogen) atoms. The maximum absolute atomic E-state index is 13.3. The van der Waals surface area contributed by atoms with Gasteiger partial charge < -0.3 is 24.8 Å². The van der Waals surface area contributed by atoms with E-state index < -0.39 is 0 Å². The number of rotatable bonds is 5. The van der Waals surface area contributed by atoms with Crippen molar-refractivity contribution in [1.29, 1.82) is 0 Å². The van der Waals surface area contributed by atoms with Crippen LogP contribution in [0.4, 0.5) is 0 Å². The molecule has 1 aromatic carbocycles. The molecular weight excluding hydrogens is 380 g/mol. The highest BCUT2D eigenvalue weighted by atomic mass is 35.5. The van der Waals surface area contributed by atoms with Crippen molar-refractivity contribution >= 4 is 18.3 Å². The van der Waals surface area contributed by atoms with Gasteiger partial charge in [-0.05, 0) is 62.1 Å². The summed E-state index contributed by atoms with van der Waals surface area (Å²) in [5, 5.41) is 0. The third kappa shape index (κ3) is 4.56. The first kappa shape index (κ1) is 21.2. The summed E-state index contributed by atoms with van der Waals surface area (Å²) in [4.78, 5) is 15.4.